The highest BCUT2D eigenvalue weighted by atomic mass is 32.2. The summed E-state index contributed by atoms with van der Waals surface area (Å²) in [7, 11) is -1.76. The van der Waals surface area contributed by atoms with Crippen molar-refractivity contribution in [1.82, 2.24) is 0 Å². The first-order chi connectivity index (χ1) is 8.56. The van der Waals surface area contributed by atoms with Crippen LogP contribution in [0.5, 0.6) is 0 Å². The SMILES string of the molecule is COCCOCCOCCOCCCS(N)(=O)=O. The monoisotopic (exact) mass is 285 g/mol. The molecule has 0 aromatic carbocycles. The van der Waals surface area contributed by atoms with Crippen LogP contribution >= 0.6 is 0 Å². The van der Waals surface area contributed by atoms with Gasteiger partial charge in [-0.1, -0.05) is 0 Å². The molecule has 8 heteroatoms. The minimum Gasteiger partial charge on any atom is -0.382 e. The molecule has 0 saturated carbocycles. The lowest BCUT2D eigenvalue weighted by Gasteiger charge is -2.06. The highest BCUT2D eigenvalue weighted by Crippen LogP contribution is 1.88. The van der Waals surface area contributed by atoms with Gasteiger partial charge < -0.3 is 18.9 Å². The molecule has 0 aliphatic heterocycles. The van der Waals surface area contributed by atoms with E-state index in [4.69, 9.17) is 24.1 Å². The second-order valence-corrected chi connectivity index (χ2v) is 5.28. The molecule has 0 aliphatic rings. The number of primary sulfonamides is 1. The molecule has 2 N–H and O–H groups in total. The molecule has 0 bridgehead atoms. The Hall–Kier alpha value is -0.250. The zero-order chi connectivity index (χ0) is 13.7. The largest absolute Gasteiger partial charge is 0.382 e. The van der Waals surface area contributed by atoms with Crippen molar-refractivity contribution in [2.45, 2.75) is 6.42 Å². The van der Waals surface area contributed by atoms with E-state index in [0.717, 1.165) is 0 Å². The van der Waals surface area contributed by atoms with Crippen LogP contribution in [-0.2, 0) is 29.0 Å². The molecule has 0 saturated heterocycles. The first-order valence-corrected chi connectivity index (χ1v) is 7.50. The van der Waals surface area contributed by atoms with Crippen molar-refractivity contribution < 1.29 is 27.4 Å². The Kier molecular flexibility index (Phi) is 11.7. The van der Waals surface area contributed by atoms with Gasteiger partial charge in [0.05, 0.1) is 45.4 Å². The molecule has 0 aliphatic carbocycles. The predicted molar refractivity (Wildman–Crippen MR) is 66.9 cm³/mol. The second-order valence-electron chi connectivity index (χ2n) is 3.55. The molecule has 0 aromatic rings. The molecule has 18 heavy (non-hydrogen) atoms. The Bertz CT molecular complexity index is 270. The summed E-state index contributed by atoms with van der Waals surface area (Å²) in [6.45, 7) is 3.42. The summed E-state index contributed by atoms with van der Waals surface area (Å²) in [5.74, 6) is -0.0544. The topological polar surface area (TPSA) is 97.1 Å². The lowest BCUT2D eigenvalue weighted by Crippen LogP contribution is -2.18. The molecule has 0 rings (SSSR count). The lowest BCUT2D eigenvalue weighted by atomic mass is 10.5. The van der Waals surface area contributed by atoms with Crippen LogP contribution in [0.2, 0.25) is 0 Å². The smallest absolute Gasteiger partial charge is 0.209 e. The molecule has 0 heterocycles. The zero-order valence-corrected chi connectivity index (χ0v) is 11.6. The maximum absolute atomic E-state index is 10.6. The Labute approximate surface area is 109 Å². The fraction of sp³-hybridized carbons (Fsp3) is 1.00. The highest BCUT2D eigenvalue weighted by Gasteiger charge is 2.01. The van der Waals surface area contributed by atoms with Crippen LogP contribution in [0.15, 0.2) is 0 Å². The van der Waals surface area contributed by atoms with E-state index in [9.17, 15) is 8.42 Å². The Morgan fingerprint density at radius 1 is 0.833 bits per heavy atom. The average Bonchev–Trinajstić information content (AvgIpc) is 2.29. The van der Waals surface area contributed by atoms with Gasteiger partial charge in [-0.05, 0) is 6.42 Å². The zero-order valence-electron chi connectivity index (χ0n) is 10.8. The van der Waals surface area contributed by atoms with Gasteiger partial charge in [0.1, 0.15) is 0 Å². The molecule has 0 radical (unpaired) electrons. The summed E-state index contributed by atoms with van der Waals surface area (Å²) in [5.41, 5.74) is 0. The summed E-state index contributed by atoms with van der Waals surface area (Å²) in [4.78, 5) is 0. The fourth-order valence-electron chi connectivity index (χ4n) is 1.05. The van der Waals surface area contributed by atoms with Crippen LogP contribution in [0.4, 0.5) is 0 Å². The van der Waals surface area contributed by atoms with Crippen molar-refractivity contribution in [3.05, 3.63) is 0 Å². The van der Waals surface area contributed by atoms with Crippen LogP contribution in [0.1, 0.15) is 6.42 Å². The van der Waals surface area contributed by atoms with Crippen LogP contribution in [0, 0.1) is 0 Å². The van der Waals surface area contributed by atoms with E-state index in [1.165, 1.54) is 0 Å². The first-order valence-electron chi connectivity index (χ1n) is 5.79. The van der Waals surface area contributed by atoms with Crippen LogP contribution in [0.25, 0.3) is 0 Å². The maximum atomic E-state index is 10.6. The quantitative estimate of drug-likeness (QED) is 0.452. The maximum Gasteiger partial charge on any atom is 0.209 e. The Balaban J connectivity index is 3.03. The highest BCUT2D eigenvalue weighted by molar-refractivity contribution is 7.89. The third-order valence-corrected chi connectivity index (χ3v) is 2.75. The van der Waals surface area contributed by atoms with Gasteiger partial charge in [0.15, 0.2) is 0 Å². The van der Waals surface area contributed by atoms with Gasteiger partial charge in [0.2, 0.25) is 10.0 Å². The average molecular weight is 285 g/mol. The van der Waals surface area contributed by atoms with E-state index >= 15 is 0 Å². The van der Waals surface area contributed by atoms with Crippen molar-refractivity contribution in [3.63, 3.8) is 0 Å². The molecule has 7 nitrogen and oxygen atoms in total. The molecule has 0 fully saturated rings. The third-order valence-electron chi connectivity index (χ3n) is 1.89. The third kappa shape index (κ3) is 15.8. The van der Waals surface area contributed by atoms with E-state index in [-0.39, 0.29) is 5.75 Å². The summed E-state index contributed by atoms with van der Waals surface area (Å²) in [5, 5.41) is 4.84. The number of sulfonamides is 1. The van der Waals surface area contributed by atoms with Gasteiger partial charge in [-0.2, -0.15) is 0 Å². The van der Waals surface area contributed by atoms with E-state index < -0.39 is 10.0 Å². The summed E-state index contributed by atoms with van der Waals surface area (Å²) >= 11 is 0. The summed E-state index contributed by atoms with van der Waals surface area (Å²) in [6.07, 6.45) is 0.402. The van der Waals surface area contributed by atoms with E-state index in [2.05, 4.69) is 0 Å². The van der Waals surface area contributed by atoms with Crippen molar-refractivity contribution in [3.8, 4) is 0 Å². The van der Waals surface area contributed by atoms with E-state index in [1.807, 2.05) is 0 Å². The van der Waals surface area contributed by atoms with Crippen LogP contribution in [0.3, 0.4) is 0 Å². The minimum absolute atomic E-state index is 0.0544. The molecule has 0 unspecified atom stereocenters. The van der Waals surface area contributed by atoms with Crippen molar-refractivity contribution in [1.29, 1.82) is 0 Å². The molecule has 0 spiro atoms. The molecule has 0 atom stereocenters. The standard InChI is InChI=1S/C10H23NO6S/c1-14-4-5-16-8-9-17-7-6-15-3-2-10-18(11,12)13/h2-10H2,1H3,(H2,11,12,13). The number of nitrogens with two attached hydrogens (primary N) is 1. The van der Waals surface area contributed by atoms with Gasteiger partial charge in [-0.15, -0.1) is 0 Å². The molecular formula is C10H23NO6S. The fourth-order valence-corrected chi connectivity index (χ4v) is 1.57. The van der Waals surface area contributed by atoms with Gasteiger partial charge in [-0.25, -0.2) is 13.6 Å². The van der Waals surface area contributed by atoms with Gasteiger partial charge >= 0.3 is 0 Å². The van der Waals surface area contributed by atoms with E-state index in [0.29, 0.717) is 52.7 Å². The molecule has 110 valence electrons. The van der Waals surface area contributed by atoms with Crippen LogP contribution in [-0.4, -0.2) is 67.5 Å². The Morgan fingerprint density at radius 3 is 1.72 bits per heavy atom. The van der Waals surface area contributed by atoms with Gasteiger partial charge in [0.25, 0.3) is 0 Å². The summed E-state index contributed by atoms with van der Waals surface area (Å²) in [6, 6.07) is 0. The molecule has 0 aromatic heterocycles. The van der Waals surface area contributed by atoms with Crippen molar-refractivity contribution >= 4 is 10.0 Å². The Morgan fingerprint density at radius 2 is 1.28 bits per heavy atom. The number of hydrogen-bond donors (Lipinski definition) is 1. The number of hydrogen-bond acceptors (Lipinski definition) is 6. The normalized spacial score (nSPS) is 11.9. The van der Waals surface area contributed by atoms with Gasteiger partial charge in [-0.3, -0.25) is 0 Å². The number of methoxy groups -OCH3 is 1. The van der Waals surface area contributed by atoms with Gasteiger partial charge in [0, 0.05) is 13.7 Å². The summed E-state index contributed by atoms with van der Waals surface area (Å²) < 4.78 is 41.6. The van der Waals surface area contributed by atoms with E-state index in [1.54, 1.807) is 7.11 Å². The molecule has 0 amide bonds. The molecular weight excluding hydrogens is 262 g/mol. The predicted octanol–water partition coefficient (Wildman–Crippen LogP) is -0.639. The number of rotatable bonds is 13. The van der Waals surface area contributed by atoms with Crippen LogP contribution < -0.4 is 5.14 Å². The minimum atomic E-state index is -3.37. The van der Waals surface area contributed by atoms with Crippen molar-refractivity contribution in [2.75, 3.05) is 59.1 Å². The lowest BCUT2D eigenvalue weighted by molar-refractivity contribution is 0.00383. The first kappa shape index (κ1) is 17.8. The van der Waals surface area contributed by atoms with Crippen molar-refractivity contribution in [2.24, 2.45) is 5.14 Å². The second kappa shape index (κ2) is 11.8. The number of ether oxygens (including phenoxy) is 4.